The Labute approximate surface area is 158 Å². The Bertz CT molecular complexity index is 555. The maximum absolute atomic E-state index is 5.44. The molecule has 0 radical (unpaired) electrons. The summed E-state index contributed by atoms with van der Waals surface area (Å²) in [6, 6.07) is 9.00. The van der Waals surface area contributed by atoms with Gasteiger partial charge < -0.3 is 20.3 Å². The van der Waals surface area contributed by atoms with Crippen molar-refractivity contribution < 1.29 is 4.74 Å². The summed E-state index contributed by atoms with van der Waals surface area (Å²) in [6.07, 6.45) is 0. The zero-order valence-electron chi connectivity index (χ0n) is 16.8. The first-order valence-corrected chi connectivity index (χ1v) is 9.65. The number of hydrogen-bond acceptors (Lipinski definition) is 4. The molecule has 1 aliphatic rings. The lowest BCUT2D eigenvalue weighted by Crippen LogP contribution is -2.49. The van der Waals surface area contributed by atoms with Crippen molar-refractivity contribution in [2.45, 2.75) is 33.0 Å². The van der Waals surface area contributed by atoms with Crippen LogP contribution in [0, 0.1) is 0 Å². The molecule has 1 saturated heterocycles. The SMILES string of the molecule is CCNC(=NCc1ccccc1CN(C)C)NCC(C)N1CCOCC1. The molecular formula is C20H35N5O. The number of morpholine rings is 1. The van der Waals surface area contributed by atoms with Crippen molar-refractivity contribution in [3.63, 3.8) is 0 Å². The standard InChI is InChI=1S/C20H35N5O/c1-5-21-20(22-14-17(2)25-10-12-26-13-11-25)23-15-18-8-6-7-9-19(18)16-24(3)4/h6-9,17H,5,10-16H2,1-4H3,(H2,21,22,23). The second-order valence-electron chi connectivity index (χ2n) is 7.08. The van der Waals surface area contributed by atoms with Crippen molar-refractivity contribution >= 4 is 5.96 Å². The van der Waals surface area contributed by atoms with Gasteiger partial charge in [0.1, 0.15) is 0 Å². The molecule has 1 fully saturated rings. The van der Waals surface area contributed by atoms with Gasteiger partial charge in [0.15, 0.2) is 5.96 Å². The van der Waals surface area contributed by atoms with Gasteiger partial charge in [-0.15, -0.1) is 0 Å². The third kappa shape index (κ3) is 6.94. The summed E-state index contributed by atoms with van der Waals surface area (Å²) in [5.41, 5.74) is 2.61. The predicted molar refractivity (Wildman–Crippen MR) is 109 cm³/mol. The second-order valence-corrected chi connectivity index (χ2v) is 7.08. The molecule has 0 amide bonds. The summed E-state index contributed by atoms with van der Waals surface area (Å²) in [6.45, 7) is 11.4. The summed E-state index contributed by atoms with van der Waals surface area (Å²) in [5, 5.41) is 6.85. The van der Waals surface area contributed by atoms with E-state index in [-0.39, 0.29) is 0 Å². The van der Waals surface area contributed by atoms with E-state index in [2.05, 4.69) is 72.6 Å². The maximum atomic E-state index is 5.44. The van der Waals surface area contributed by atoms with Crippen molar-refractivity contribution in [1.29, 1.82) is 0 Å². The third-order valence-corrected chi connectivity index (χ3v) is 4.59. The van der Waals surface area contributed by atoms with Gasteiger partial charge in [0.2, 0.25) is 0 Å². The molecular weight excluding hydrogens is 326 g/mol. The lowest BCUT2D eigenvalue weighted by atomic mass is 10.1. The van der Waals surface area contributed by atoms with Gasteiger partial charge in [0.05, 0.1) is 19.8 Å². The van der Waals surface area contributed by atoms with Crippen molar-refractivity contribution in [3.8, 4) is 0 Å². The molecule has 0 spiro atoms. The largest absolute Gasteiger partial charge is 0.379 e. The predicted octanol–water partition coefficient (Wildman–Crippen LogP) is 1.52. The van der Waals surface area contributed by atoms with Crippen LogP contribution in [0.25, 0.3) is 0 Å². The molecule has 0 saturated carbocycles. The fourth-order valence-electron chi connectivity index (χ4n) is 3.10. The summed E-state index contributed by atoms with van der Waals surface area (Å²) in [5.74, 6) is 0.882. The van der Waals surface area contributed by atoms with E-state index in [1.165, 1.54) is 11.1 Å². The first-order valence-electron chi connectivity index (χ1n) is 9.65. The van der Waals surface area contributed by atoms with E-state index < -0.39 is 0 Å². The monoisotopic (exact) mass is 361 g/mol. The number of ether oxygens (including phenoxy) is 1. The highest BCUT2D eigenvalue weighted by atomic mass is 16.5. The molecule has 1 aromatic carbocycles. The van der Waals surface area contributed by atoms with Crippen molar-refractivity contribution in [2.75, 3.05) is 53.5 Å². The molecule has 2 rings (SSSR count). The summed E-state index contributed by atoms with van der Waals surface area (Å²) in [7, 11) is 4.19. The van der Waals surface area contributed by atoms with Crippen molar-refractivity contribution in [1.82, 2.24) is 20.4 Å². The van der Waals surface area contributed by atoms with Crippen LogP contribution in [0.1, 0.15) is 25.0 Å². The van der Waals surface area contributed by atoms with Gasteiger partial charge in [0.25, 0.3) is 0 Å². The number of guanidine groups is 1. The number of benzene rings is 1. The highest BCUT2D eigenvalue weighted by molar-refractivity contribution is 5.79. The van der Waals surface area contributed by atoms with E-state index in [1.54, 1.807) is 0 Å². The molecule has 26 heavy (non-hydrogen) atoms. The summed E-state index contributed by atoms with van der Waals surface area (Å²) >= 11 is 0. The van der Waals surface area contributed by atoms with E-state index in [0.717, 1.165) is 51.9 Å². The molecule has 0 bridgehead atoms. The summed E-state index contributed by atoms with van der Waals surface area (Å²) in [4.78, 5) is 9.46. The minimum absolute atomic E-state index is 0.462. The van der Waals surface area contributed by atoms with Gasteiger partial charge in [-0.2, -0.15) is 0 Å². The number of rotatable bonds is 8. The van der Waals surface area contributed by atoms with Crippen molar-refractivity contribution in [2.24, 2.45) is 4.99 Å². The van der Waals surface area contributed by atoms with Gasteiger partial charge in [0, 0.05) is 38.8 Å². The Hall–Kier alpha value is -1.63. The van der Waals surface area contributed by atoms with E-state index in [9.17, 15) is 0 Å². The molecule has 1 heterocycles. The van der Waals surface area contributed by atoms with Gasteiger partial charge in [-0.25, -0.2) is 4.99 Å². The lowest BCUT2D eigenvalue weighted by Gasteiger charge is -2.32. The first kappa shape index (κ1) is 20.7. The Morgan fingerprint density at radius 2 is 1.88 bits per heavy atom. The smallest absolute Gasteiger partial charge is 0.191 e. The number of hydrogen-bond donors (Lipinski definition) is 2. The number of nitrogens with one attached hydrogen (secondary N) is 2. The molecule has 1 unspecified atom stereocenters. The fraction of sp³-hybridized carbons (Fsp3) is 0.650. The van der Waals surface area contributed by atoms with E-state index in [4.69, 9.17) is 9.73 Å². The van der Waals surface area contributed by atoms with Gasteiger partial charge in [-0.05, 0) is 39.1 Å². The lowest BCUT2D eigenvalue weighted by molar-refractivity contribution is 0.0211. The fourth-order valence-corrected chi connectivity index (χ4v) is 3.10. The highest BCUT2D eigenvalue weighted by Gasteiger charge is 2.17. The molecule has 0 aliphatic carbocycles. The van der Waals surface area contributed by atoms with E-state index in [1.807, 2.05) is 0 Å². The zero-order valence-corrected chi connectivity index (χ0v) is 16.8. The zero-order chi connectivity index (χ0) is 18.8. The van der Waals surface area contributed by atoms with Gasteiger partial charge in [-0.3, -0.25) is 4.90 Å². The quantitative estimate of drug-likeness (QED) is 0.543. The highest BCUT2D eigenvalue weighted by Crippen LogP contribution is 2.11. The Morgan fingerprint density at radius 1 is 1.19 bits per heavy atom. The third-order valence-electron chi connectivity index (χ3n) is 4.59. The molecule has 6 nitrogen and oxygen atoms in total. The first-order chi connectivity index (χ1) is 12.6. The second kappa shape index (κ2) is 11.2. The van der Waals surface area contributed by atoms with Crippen molar-refractivity contribution in [3.05, 3.63) is 35.4 Å². The van der Waals surface area contributed by atoms with Crippen LogP contribution < -0.4 is 10.6 Å². The average Bonchev–Trinajstić information content (AvgIpc) is 2.65. The number of aliphatic imine (C=N–C) groups is 1. The van der Waals surface area contributed by atoms with Crippen LogP contribution >= 0.6 is 0 Å². The van der Waals surface area contributed by atoms with Crippen LogP contribution in [0.15, 0.2) is 29.3 Å². The molecule has 146 valence electrons. The molecule has 1 aromatic rings. The molecule has 6 heteroatoms. The van der Waals surface area contributed by atoms with E-state index >= 15 is 0 Å². The molecule has 1 atom stereocenters. The molecule has 2 N–H and O–H groups in total. The Kier molecular flexibility index (Phi) is 8.88. The van der Waals surface area contributed by atoms with Crippen LogP contribution in [0.4, 0.5) is 0 Å². The molecule has 1 aliphatic heterocycles. The molecule has 0 aromatic heterocycles. The minimum atomic E-state index is 0.462. The Balaban J connectivity index is 1.93. The van der Waals surface area contributed by atoms with Gasteiger partial charge >= 0.3 is 0 Å². The van der Waals surface area contributed by atoms with Crippen LogP contribution in [0.3, 0.4) is 0 Å². The average molecular weight is 362 g/mol. The van der Waals surface area contributed by atoms with Crippen LogP contribution in [0.2, 0.25) is 0 Å². The minimum Gasteiger partial charge on any atom is -0.379 e. The van der Waals surface area contributed by atoms with Gasteiger partial charge in [-0.1, -0.05) is 24.3 Å². The normalized spacial score (nSPS) is 17.3. The Morgan fingerprint density at radius 3 is 2.54 bits per heavy atom. The number of nitrogens with zero attached hydrogens (tertiary/aromatic N) is 3. The topological polar surface area (TPSA) is 52.1 Å². The maximum Gasteiger partial charge on any atom is 0.191 e. The van der Waals surface area contributed by atoms with Crippen LogP contribution in [-0.4, -0.2) is 75.3 Å². The van der Waals surface area contributed by atoms with Crippen LogP contribution in [0.5, 0.6) is 0 Å². The van der Waals surface area contributed by atoms with Crippen LogP contribution in [-0.2, 0) is 17.8 Å². The summed E-state index contributed by atoms with van der Waals surface area (Å²) < 4.78 is 5.44. The van der Waals surface area contributed by atoms with E-state index in [0.29, 0.717) is 12.6 Å².